The highest BCUT2D eigenvalue weighted by Gasteiger charge is 2.22. The minimum atomic E-state index is -0.369. The third kappa shape index (κ3) is 5.52. The molecule has 3 nitrogen and oxygen atoms in total. The van der Waals surface area contributed by atoms with Crippen molar-refractivity contribution in [2.75, 3.05) is 7.05 Å². The molecule has 0 N–H and O–H groups in total. The molecule has 0 aliphatic heterocycles. The molecule has 0 aliphatic rings. The zero-order valence-corrected chi connectivity index (χ0v) is 18.2. The molecular weight excluding hydrogens is 370 g/mol. The molecule has 3 heteroatoms. The number of hydrogen-bond acceptors (Lipinski definition) is 3. The Morgan fingerprint density at radius 1 is 0.667 bits per heavy atom. The Morgan fingerprint density at radius 2 is 1.10 bits per heavy atom. The van der Waals surface area contributed by atoms with Gasteiger partial charge in [0.05, 0.1) is 0 Å². The summed E-state index contributed by atoms with van der Waals surface area (Å²) in [7, 11) is 2.07. The Bertz CT molecular complexity index is 997. The third-order valence-electron chi connectivity index (χ3n) is 5.05. The van der Waals surface area contributed by atoms with Gasteiger partial charge in [0.25, 0.3) is 0 Å². The van der Waals surface area contributed by atoms with Crippen LogP contribution in [0.25, 0.3) is 0 Å². The van der Waals surface area contributed by atoms with Crippen LogP contribution in [0.3, 0.4) is 0 Å². The Kier molecular flexibility index (Phi) is 6.63. The van der Waals surface area contributed by atoms with Crippen LogP contribution in [-0.2, 0) is 13.1 Å². The number of Topliss-reactive ketones (excluding diaryl/α,β-unsaturated/α-hetero) is 1. The number of nitrogens with zero attached hydrogens (tertiary/aromatic N) is 1. The first kappa shape index (κ1) is 21.7. The summed E-state index contributed by atoms with van der Waals surface area (Å²) in [6.07, 6.45) is 0. The summed E-state index contributed by atoms with van der Waals surface area (Å²) in [6, 6.07) is 25.0. The predicted octanol–water partition coefficient (Wildman–Crippen LogP) is 5.78. The zero-order chi connectivity index (χ0) is 21.7. The molecule has 3 aromatic carbocycles. The molecule has 0 aliphatic carbocycles. The van der Waals surface area contributed by atoms with E-state index in [0.29, 0.717) is 11.1 Å². The molecule has 0 atom stereocenters. The van der Waals surface area contributed by atoms with Crippen LogP contribution in [0.1, 0.15) is 58.2 Å². The summed E-state index contributed by atoms with van der Waals surface area (Å²) in [6.45, 7) is 7.39. The van der Waals surface area contributed by atoms with E-state index in [1.54, 1.807) is 0 Å². The molecule has 0 spiro atoms. The fourth-order valence-electron chi connectivity index (χ4n) is 3.39. The molecular formula is C27H29NO2. The van der Waals surface area contributed by atoms with E-state index in [0.717, 1.165) is 24.2 Å². The number of rotatable bonds is 7. The molecule has 154 valence electrons. The van der Waals surface area contributed by atoms with Crippen molar-refractivity contribution in [3.05, 3.63) is 107 Å². The van der Waals surface area contributed by atoms with Gasteiger partial charge in [0.2, 0.25) is 0 Å². The van der Waals surface area contributed by atoms with Crippen molar-refractivity contribution in [3.8, 4) is 0 Å². The van der Waals surface area contributed by atoms with E-state index in [1.807, 2.05) is 99.6 Å². The average Bonchev–Trinajstić information content (AvgIpc) is 2.74. The summed E-state index contributed by atoms with van der Waals surface area (Å²) in [5.41, 5.74) is 4.11. The molecule has 3 rings (SSSR count). The van der Waals surface area contributed by atoms with Crippen LogP contribution >= 0.6 is 0 Å². The number of carbonyl (C=O) groups is 2. The van der Waals surface area contributed by atoms with E-state index < -0.39 is 0 Å². The summed E-state index contributed by atoms with van der Waals surface area (Å²) >= 11 is 0. The van der Waals surface area contributed by atoms with Gasteiger partial charge in [-0.15, -0.1) is 0 Å². The van der Waals surface area contributed by atoms with Crippen LogP contribution in [0.5, 0.6) is 0 Å². The molecule has 0 amide bonds. The van der Waals surface area contributed by atoms with E-state index in [1.165, 1.54) is 5.56 Å². The standard InChI is InChI=1S/C27H29NO2/c1-27(2,3)26(30)24-16-12-21(13-17-24)19-28(4)18-20-10-14-23(15-11-20)25(29)22-8-6-5-7-9-22/h5-17H,18-19H2,1-4H3. The predicted molar refractivity (Wildman–Crippen MR) is 122 cm³/mol. The van der Waals surface area contributed by atoms with Gasteiger partial charge in [-0.25, -0.2) is 0 Å². The van der Waals surface area contributed by atoms with Gasteiger partial charge in [0.1, 0.15) is 0 Å². The summed E-state index contributed by atoms with van der Waals surface area (Å²) in [4.78, 5) is 27.1. The van der Waals surface area contributed by atoms with Crippen LogP contribution in [-0.4, -0.2) is 23.5 Å². The van der Waals surface area contributed by atoms with Gasteiger partial charge in [-0.05, 0) is 18.2 Å². The normalized spacial score (nSPS) is 11.5. The van der Waals surface area contributed by atoms with Gasteiger partial charge in [-0.1, -0.05) is 99.6 Å². The summed E-state index contributed by atoms with van der Waals surface area (Å²) in [5, 5.41) is 0. The van der Waals surface area contributed by atoms with Crippen molar-refractivity contribution in [3.63, 3.8) is 0 Å². The first-order valence-corrected chi connectivity index (χ1v) is 10.2. The molecule has 0 saturated carbocycles. The van der Waals surface area contributed by atoms with Crippen molar-refractivity contribution >= 4 is 11.6 Å². The van der Waals surface area contributed by atoms with Crippen LogP contribution in [0.2, 0.25) is 0 Å². The maximum Gasteiger partial charge on any atom is 0.193 e. The fourth-order valence-corrected chi connectivity index (χ4v) is 3.39. The Balaban J connectivity index is 1.59. The van der Waals surface area contributed by atoms with Crippen LogP contribution in [0.15, 0.2) is 78.9 Å². The van der Waals surface area contributed by atoms with E-state index in [9.17, 15) is 9.59 Å². The minimum absolute atomic E-state index is 0.0420. The third-order valence-corrected chi connectivity index (χ3v) is 5.05. The minimum Gasteiger partial charge on any atom is -0.298 e. The second kappa shape index (κ2) is 9.19. The Hall–Kier alpha value is -3.04. The topological polar surface area (TPSA) is 37.4 Å². The van der Waals surface area contributed by atoms with E-state index in [-0.39, 0.29) is 17.0 Å². The van der Waals surface area contributed by atoms with Crippen molar-refractivity contribution in [1.82, 2.24) is 4.90 Å². The maximum atomic E-state index is 12.5. The van der Waals surface area contributed by atoms with Gasteiger partial charge >= 0.3 is 0 Å². The van der Waals surface area contributed by atoms with Gasteiger partial charge < -0.3 is 0 Å². The molecule has 0 bridgehead atoms. The average molecular weight is 400 g/mol. The highest BCUT2D eigenvalue weighted by molar-refractivity contribution is 6.08. The van der Waals surface area contributed by atoms with Gasteiger partial charge in [-0.3, -0.25) is 14.5 Å². The summed E-state index contributed by atoms with van der Waals surface area (Å²) in [5.74, 6) is 0.202. The van der Waals surface area contributed by atoms with E-state index in [4.69, 9.17) is 0 Å². The lowest BCUT2D eigenvalue weighted by Crippen LogP contribution is -2.20. The quantitative estimate of drug-likeness (QED) is 0.473. The highest BCUT2D eigenvalue weighted by Crippen LogP contribution is 2.21. The molecule has 0 radical (unpaired) electrons. The number of ketones is 2. The lowest BCUT2D eigenvalue weighted by atomic mass is 9.86. The second-order valence-electron chi connectivity index (χ2n) is 8.84. The van der Waals surface area contributed by atoms with Crippen LogP contribution in [0, 0.1) is 5.41 Å². The smallest absolute Gasteiger partial charge is 0.193 e. The SMILES string of the molecule is CN(Cc1ccc(C(=O)c2ccccc2)cc1)Cc1ccc(C(=O)C(C)(C)C)cc1. The highest BCUT2D eigenvalue weighted by atomic mass is 16.1. The monoisotopic (exact) mass is 399 g/mol. The lowest BCUT2D eigenvalue weighted by molar-refractivity contribution is 0.0858. The zero-order valence-electron chi connectivity index (χ0n) is 18.2. The fraction of sp³-hybridized carbons (Fsp3) is 0.259. The molecule has 30 heavy (non-hydrogen) atoms. The largest absolute Gasteiger partial charge is 0.298 e. The number of hydrogen-bond donors (Lipinski definition) is 0. The molecule has 0 fully saturated rings. The molecule has 0 aromatic heterocycles. The molecule has 3 aromatic rings. The lowest BCUT2D eigenvalue weighted by Gasteiger charge is -2.19. The van der Waals surface area contributed by atoms with Gasteiger partial charge in [0, 0.05) is 35.2 Å². The number of benzene rings is 3. The molecule has 0 heterocycles. The molecule has 0 unspecified atom stereocenters. The van der Waals surface area contributed by atoms with Crippen molar-refractivity contribution in [2.45, 2.75) is 33.9 Å². The van der Waals surface area contributed by atoms with Crippen molar-refractivity contribution in [2.24, 2.45) is 5.41 Å². The van der Waals surface area contributed by atoms with Gasteiger partial charge in [0.15, 0.2) is 11.6 Å². The van der Waals surface area contributed by atoms with Crippen LogP contribution in [0.4, 0.5) is 0 Å². The van der Waals surface area contributed by atoms with Gasteiger partial charge in [-0.2, -0.15) is 0 Å². The maximum absolute atomic E-state index is 12.5. The first-order valence-electron chi connectivity index (χ1n) is 10.2. The van der Waals surface area contributed by atoms with Crippen molar-refractivity contribution < 1.29 is 9.59 Å². The Morgan fingerprint density at radius 3 is 1.57 bits per heavy atom. The molecule has 0 saturated heterocycles. The number of carbonyl (C=O) groups excluding carboxylic acids is 2. The summed E-state index contributed by atoms with van der Waals surface area (Å²) < 4.78 is 0. The first-order chi connectivity index (χ1) is 14.2. The Labute approximate surface area is 179 Å². The second-order valence-corrected chi connectivity index (χ2v) is 8.84. The van der Waals surface area contributed by atoms with E-state index >= 15 is 0 Å². The van der Waals surface area contributed by atoms with E-state index in [2.05, 4.69) is 11.9 Å². The van der Waals surface area contributed by atoms with Crippen LogP contribution < -0.4 is 0 Å². The van der Waals surface area contributed by atoms with Crippen molar-refractivity contribution in [1.29, 1.82) is 0 Å².